The summed E-state index contributed by atoms with van der Waals surface area (Å²) in [4.78, 5) is 12.3. The lowest BCUT2D eigenvalue weighted by Gasteiger charge is -2.28. The van der Waals surface area contributed by atoms with Gasteiger partial charge in [-0.15, -0.1) is 0 Å². The molecule has 2 rings (SSSR count). The number of hydrogen-bond donors (Lipinski definition) is 2. The molecule has 0 bridgehead atoms. The van der Waals surface area contributed by atoms with E-state index in [2.05, 4.69) is 26.1 Å². The standard InChI is InChI=1S/C17H21NO2/c1-11(17(2,3)4)18-16(20)14-10-9-12-7-5-6-8-13(12)15(14)19/h5-11,19H,1-4H3,(H,18,20). The van der Waals surface area contributed by atoms with Crippen LogP contribution in [0.15, 0.2) is 36.4 Å². The Bertz CT molecular complexity index is 641. The second-order valence-electron chi connectivity index (χ2n) is 6.24. The molecule has 0 radical (unpaired) electrons. The maximum atomic E-state index is 12.3. The Balaban J connectivity index is 2.34. The predicted molar refractivity (Wildman–Crippen MR) is 82.0 cm³/mol. The molecular formula is C17H21NO2. The maximum Gasteiger partial charge on any atom is 0.255 e. The summed E-state index contributed by atoms with van der Waals surface area (Å²) in [6.07, 6.45) is 0. The normalized spacial score (nSPS) is 13.2. The number of aromatic hydroxyl groups is 1. The summed E-state index contributed by atoms with van der Waals surface area (Å²) in [5.74, 6) is -0.197. The van der Waals surface area contributed by atoms with Gasteiger partial charge in [0.2, 0.25) is 0 Å². The zero-order chi connectivity index (χ0) is 14.9. The van der Waals surface area contributed by atoms with E-state index in [9.17, 15) is 9.90 Å². The lowest BCUT2D eigenvalue weighted by atomic mass is 9.88. The first-order chi connectivity index (χ1) is 9.30. The Morgan fingerprint density at radius 1 is 1.15 bits per heavy atom. The smallest absolute Gasteiger partial charge is 0.255 e. The summed E-state index contributed by atoms with van der Waals surface area (Å²) in [5.41, 5.74) is 0.294. The second-order valence-corrected chi connectivity index (χ2v) is 6.24. The summed E-state index contributed by atoms with van der Waals surface area (Å²) in [5, 5.41) is 14.8. The molecule has 0 aromatic heterocycles. The minimum absolute atomic E-state index is 0.0147. The van der Waals surface area contributed by atoms with Gasteiger partial charge in [0.05, 0.1) is 5.56 Å². The van der Waals surface area contributed by atoms with Crippen LogP contribution in [0.1, 0.15) is 38.1 Å². The van der Waals surface area contributed by atoms with Crippen LogP contribution in [0.2, 0.25) is 0 Å². The van der Waals surface area contributed by atoms with Crippen LogP contribution in [0.4, 0.5) is 0 Å². The largest absolute Gasteiger partial charge is 0.506 e. The number of phenolic OH excluding ortho intramolecular Hbond substituents is 1. The monoisotopic (exact) mass is 271 g/mol. The summed E-state index contributed by atoms with van der Waals surface area (Å²) in [6, 6.07) is 11.0. The van der Waals surface area contributed by atoms with Gasteiger partial charge in [-0.25, -0.2) is 0 Å². The summed E-state index contributed by atoms with van der Waals surface area (Å²) >= 11 is 0. The average Bonchev–Trinajstić information content (AvgIpc) is 2.38. The van der Waals surface area contributed by atoms with Crippen molar-refractivity contribution in [2.45, 2.75) is 33.7 Å². The van der Waals surface area contributed by atoms with Gasteiger partial charge >= 0.3 is 0 Å². The Hall–Kier alpha value is -2.03. The van der Waals surface area contributed by atoms with Gasteiger partial charge in [0.25, 0.3) is 5.91 Å². The third-order valence-electron chi connectivity index (χ3n) is 3.79. The van der Waals surface area contributed by atoms with Crippen LogP contribution in [-0.4, -0.2) is 17.1 Å². The van der Waals surface area contributed by atoms with Crippen LogP contribution < -0.4 is 5.32 Å². The minimum atomic E-state index is -0.240. The highest BCUT2D eigenvalue weighted by molar-refractivity contribution is 6.03. The quantitative estimate of drug-likeness (QED) is 0.874. The highest BCUT2D eigenvalue weighted by Gasteiger charge is 2.23. The van der Waals surface area contributed by atoms with E-state index in [1.807, 2.05) is 37.3 Å². The second kappa shape index (κ2) is 5.16. The molecule has 0 aliphatic carbocycles. The zero-order valence-electron chi connectivity index (χ0n) is 12.4. The molecule has 0 aliphatic rings. The van der Waals surface area contributed by atoms with Crippen LogP contribution in [0, 0.1) is 5.41 Å². The molecule has 1 unspecified atom stereocenters. The number of benzene rings is 2. The Labute approximate surface area is 119 Å². The van der Waals surface area contributed by atoms with Gasteiger partial charge in [-0.05, 0) is 23.8 Å². The maximum absolute atomic E-state index is 12.3. The summed E-state index contributed by atoms with van der Waals surface area (Å²) in [7, 11) is 0. The first-order valence-electron chi connectivity index (χ1n) is 6.82. The van der Waals surface area contributed by atoms with Crippen LogP contribution in [0.25, 0.3) is 10.8 Å². The molecule has 2 N–H and O–H groups in total. The van der Waals surface area contributed by atoms with E-state index in [-0.39, 0.29) is 23.1 Å². The molecule has 0 saturated carbocycles. The highest BCUT2D eigenvalue weighted by Crippen LogP contribution is 2.29. The molecule has 1 amide bonds. The molecule has 20 heavy (non-hydrogen) atoms. The van der Waals surface area contributed by atoms with Gasteiger partial charge in [-0.1, -0.05) is 51.1 Å². The van der Waals surface area contributed by atoms with Crippen molar-refractivity contribution in [2.24, 2.45) is 5.41 Å². The molecule has 0 heterocycles. The first-order valence-corrected chi connectivity index (χ1v) is 6.82. The molecule has 3 heteroatoms. The highest BCUT2D eigenvalue weighted by atomic mass is 16.3. The van der Waals surface area contributed by atoms with E-state index in [1.165, 1.54) is 0 Å². The molecule has 0 spiro atoms. The van der Waals surface area contributed by atoms with Crippen LogP contribution in [0.3, 0.4) is 0 Å². The van der Waals surface area contributed by atoms with E-state index in [1.54, 1.807) is 6.07 Å². The van der Waals surface area contributed by atoms with Crippen molar-refractivity contribution < 1.29 is 9.90 Å². The predicted octanol–water partition coefficient (Wildman–Crippen LogP) is 3.71. The minimum Gasteiger partial charge on any atom is -0.506 e. The van der Waals surface area contributed by atoms with Crippen LogP contribution in [0.5, 0.6) is 5.75 Å². The Morgan fingerprint density at radius 2 is 1.80 bits per heavy atom. The molecule has 0 aliphatic heterocycles. The molecule has 0 fully saturated rings. The SMILES string of the molecule is CC(NC(=O)c1ccc2ccccc2c1O)C(C)(C)C. The summed E-state index contributed by atoms with van der Waals surface area (Å²) in [6.45, 7) is 8.17. The molecule has 1 atom stereocenters. The van der Waals surface area contributed by atoms with E-state index in [0.717, 1.165) is 5.39 Å². The fourth-order valence-electron chi connectivity index (χ4n) is 1.93. The number of carbonyl (C=O) groups is 1. The molecule has 2 aromatic carbocycles. The number of rotatable bonds is 2. The zero-order valence-corrected chi connectivity index (χ0v) is 12.4. The lowest BCUT2D eigenvalue weighted by molar-refractivity contribution is 0.0907. The van der Waals surface area contributed by atoms with Crippen molar-refractivity contribution in [2.75, 3.05) is 0 Å². The Morgan fingerprint density at radius 3 is 2.45 bits per heavy atom. The van der Waals surface area contributed by atoms with Crippen LogP contribution in [-0.2, 0) is 0 Å². The van der Waals surface area contributed by atoms with Crippen LogP contribution >= 0.6 is 0 Å². The number of amides is 1. The van der Waals surface area contributed by atoms with Crippen molar-refractivity contribution in [1.29, 1.82) is 0 Å². The number of nitrogens with one attached hydrogen (secondary N) is 1. The average molecular weight is 271 g/mol. The van der Waals surface area contributed by atoms with E-state index >= 15 is 0 Å². The number of hydrogen-bond acceptors (Lipinski definition) is 2. The third kappa shape index (κ3) is 2.77. The van der Waals surface area contributed by atoms with Crippen molar-refractivity contribution in [3.05, 3.63) is 42.0 Å². The third-order valence-corrected chi connectivity index (χ3v) is 3.79. The lowest BCUT2D eigenvalue weighted by Crippen LogP contribution is -2.41. The first kappa shape index (κ1) is 14.4. The van der Waals surface area contributed by atoms with E-state index in [4.69, 9.17) is 0 Å². The fourth-order valence-corrected chi connectivity index (χ4v) is 1.93. The van der Waals surface area contributed by atoms with Crippen molar-refractivity contribution >= 4 is 16.7 Å². The molecular weight excluding hydrogens is 250 g/mol. The summed E-state index contributed by atoms with van der Waals surface area (Å²) < 4.78 is 0. The van der Waals surface area contributed by atoms with E-state index < -0.39 is 0 Å². The molecule has 2 aromatic rings. The molecule has 0 saturated heterocycles. The number of fused-ring (bicyclic) bond motifs is 1. The van der Waals surface area contributed by atoms with Gasteiger partial charge < -0.3 is 10.4 Å². The fraction of sp³-hybridized carbons (Fsp3) is 0.353. The van der Waals surface area contributed by atoms with Gasteiger partial charge in [0, 0.05) is 11.4 Å². The molecule has 106 valence electrons. The van der Waals surface area contributed by atoms with Gasteiger partial charge in [0.1, 0.15) is 5.75 Å². The van der Waals surface area contributed by atoms with Gasteiger partial charge in [-0.2, -0.15) is 0 Å². The van der Waals surface area contributed by atoms with Crippen molar-refractivity contribution in [3.63, 3.8) is 0 Å². The molecule has 3 nitrogen and oxygen atoms in total. The van der Waals surface area contributed by atoms with Gasteiger partial charge in [-0.3, -0.25) is 4.79 Å². The van der Waals surface area contributed by atoms with Gasteiger partial charge in [0.15, 0.2) is 0 Å². The van der Waals surface area contributed by atoms with E-state index in [0.29, 0.717) is 10.9 Å². The number of carbonyl (C=O) groups excluding carboxylic acids is 1. The number of phenols is 1. The van der Waals surface area contributed by atoms with Crippen molar-refractivity contribution in [1.82, 2.24) is 5.32 Å². The Kier molecular flexibility index (Phi) is 3.71. The topological polar surface area (TPSA) is 49.3 Å². The van der Waals surface area contributed by atoms with Crippen molar-refractivity contribution in [3.8, 4) is 5.75 Å².